The van der Waals surface area contributed by atoms with Crippen molar-refractivity contribution in [3.63, 3.8) is 0 Å². The number of hydrogen-bond acceptors (Lipinski definition) is 3. The van der Waals surface area contributed by atoms with Gasteiger partial charge in [0.25, 0.3) is 0 Å². The smallest absolute Gasteiger partial charge is 0.151 e. The summed E-state index contributed by atoms with van der Waals surface area (Å²) < 4.78 is 0. The normalized spacial score (nSPS) is 20.7. The largest absolute Gasteiger partial charge is 0.197 e. The van der Waals surface area contributed by atoms with Gasteiger partial charge in [0.1, 0.15) is 0 Å². The first-order valence-corrected chi connectivity index (χ1v) is 4.58. The van der Waals surface area contributed by atoms with Crippen molar-refractivity contribution in [1.82, 2.24) is 0 Å². The zero-order valence-electron chi connectivity index (χ0n) is 7.94. The quantitative estimate of drug-likeness (QED) is 0.685. The minimum atomic E-state index is -0.825. The number of nitrogens with zero attached hydrogens (tertiary/aromatic N) is 3. The first-order chi connectivity index (χ1) is 7.25. The van der Waals surface area contributed by atoms with Crippen LogP contribution in [0.3, 0.4) is 0 Å². The van der Waals surface area contributed by atoms with Crippen LogP contribution < -0.4 is 0 Å². The van der Waals surface area contributed by atoms with Gasteiger partial charge in [-0.25, -0.2) is 0 Å². The summed E-state index contributed by atoms with van der Waals surface area (Å²) >= 11 is 0. The van der Waals surface area contributed by atoms with E-state index in [0.717, 1.165) is 5.56 Å². The van der Waals surface area contributed by atoms with Crippen molar-refractivity contribution in [3.8, 4) is 18.2 Å². The van der Waals surface area contributed by atoms with Crippen molar-refractivity contribution in [1.29, 1.82) is 15.8 Å². The van der Waals surface area contributed by atoms with Crippen LogP contribution in [0, 0.1) is 39.4 Å². The Kier molecular flexibility index (Phi) is 1.93. The van der Waals surface area contributed by atoms with E-state index in [-0.39, 0.29) is 5.92 Å². The highest BCUT2D eigenvalue weighted by atomic mass is 14.6. The highest BCUT2D eigenvalue weighted by molar-refractivity contribution is 5.43. The fourth-order valence-corrected chi connectivity index (χ4v) is 1.73. The van der Waals surface area contributed by atoms with Crippen LogP contribution in [0.4, 0.5) is 0 Å². The van der Waals surface area contributed by atoms with Gasteiger partial charge in [0.15, 0.2) is 5.41 Å². The lowest BCUT2D eigenvalue weighted by atomic mass is 10.0. The maximum atomic E-state index is 8.86. The zero-order chi connectivity index (χ0) is 10.9. The first-order valence-electron chi connectivity index (χ1n) is 4.58. The summed E-state index contributed by atoms with van der Waals surface area (Å²) in [6.07, 6.45) is 0.603. The van der Waals surface area contributed by atoms with Crippen molar-refractivity contribution in [2.45, 2.75) is 12.3 Å². The minimum Gasteiger partial charge on any atom is -0.197 e. The van der Waals surface area contributed by atoms with E-state index in [1.54, 1.807) is 12.1 Å². The van der Waals surface area contributed by atoms with E-state index < -0.39 is 5.41 Å². The summed E-state index contributed by atoms with van der Waals surface area (Å²) in [7, 11) is 0. The third-order valence-electron chi connectivity index (χ3n) is 2.80. The Morgan fingerprint density at radius 2 is 1.67 bits per heavy atom. The molecule has 0 spiro atoms. The second-order valence-electron chi connectivity index (χ2n) is 3.69. The van der Waals surface area contributed by atoms with Crippen LogP contribution in [-0.4, -0.2) is 0 Å². The molecule has 70 valence electrons. The van der Waals surface area contributed by atoms with Crippen molar-refractivity contribution in [3.05, 3.63) is 35.4 Å². The lowest BCUT2D eigenvalue weighted by Gasteiger charge is -1.99. The molecule has 3 nitrogen and oxygen atoms in total. The average Bonchev–Trinajstić information content (AvgIpc) is 3.05. The third kappa shape index (κ3) is 1.33. The molecule has 2 rings (SSSR count). The number of rotatable bonds is 1. The Morgan fingerprint density at radius 1 is 1.07 bits per heavy atom. The molecule has 1 aliphatic rings. The molecule has 1 atom stereocenters. The monoisotopic (exact) mass is 193 g/mol. The van der Waals surface area contributed by atoms with Gasteiger partial charge in [0.05, 0.1) is 23.8 Å². The van der Waals surface area contributed by atoms with Crippen molar-refractivity contribution >= 4 is 0 Å². The van der Waals surface area contributed by atoms with Gasteiger partial charge < -0.3 is 0 Å². The molecule has 1 fully saturated rings. The molecule has 0 radical (unpaired) electrons. The molecule has 1 aliphatic carbocycles. The molecule has 1 aromatic carbocycles. The van der Waals surface area contributed by atoms with Crippen LogP contribution >= 0.6 is 0 Å². The summed E-state index contributed by atoms with van der Waals surface area (Å²) in [5.41, 5.74) is 0.741. The van der Waals surface area contributed by atoms with Gasteiger partial charge in [-0.3, -0.25) is 0 Å². The van der Waals surface area contributed by atoms with Crippen LogP contribution in [-0.2, 0) is 0 Å². The lowest BCUT2D eigenvalue weighted by Crippen LogP contribution is -1.95. The molecule has 3 heteroatoms. The average molecular weight is 193 g/mol. The van der Waals surface area contributed by atoms with E-state index in [1.807, 2.05) is 18.2 Å². The van der Waals surface area contributed by atoms with E-state index in [2.05, 4.69) is 12.1 Å². The predicted octanol–water partition coefficient (Wildman–Crippen LogP) is 2.08. The van der Waals surface area contributed by atoms with Crippen LogP contribution in [0.2, 0.25) is 0 Å². The summed E-state index contributed by atoms with van der Waals surface area (Å²) in [6.45, 7) is 0. The molecule has 1 saturated carbocycles. The Labute approximate surface area is 87.8 Å². The van der Waals surface area contributed by atoms with E-state index in [1.165, 1.54) is 0 Å². The summed E-state index contributed by atoms with van der Waals surface area (Å²) in [6, 6.07) is 13.2. The Bertz CT molecular complexity index is 494. The van der Waals surface area contributed by atoms with Crippen LogP contribution in [0.15, 0.2) is 24.3 Å². The fourth-order valence-electron chi connectivity index (χ4n) is 1.73. The fraction of sp³-hybridized carbons (Fsp3) is 0.250. The van der Waals surface area contributed by atoms with Gasteiger partial charge in [-0.1, -0.05) is 12.1 Å². The topological polar surface area (TPSA) is 71.4 Å². The minimum absolute atomic E-state index is 0.0141. The molecule has 0 aromatic heterocycles. The summed E-state index contributed by atoms with van der Waals surface area (Å²) in [5.74, 6) is 0.0141. The standard InChI is InChI=1S/C12H7N3/c13-6-9-1-3-10(4-2-9)11-5-12(11,7-14)8-15/h1-4,11H,5H2. The molecule has 0 saturated heterocycles. The SMILES string of the molecule is N#Cc1ccc(C2CC2(C#N)C#N)cc1. The third-order valence-corrected chi connectivity index (χ3v) is 2.80. The second kappa shape index (κ2) is 3.12. The summed E-state index contributed by atoms with van der Waals surface area (Å²) in [5, 5.41) is 26.4. The van der Waals surface area contributed by atoms with E-state index in [4.69, 9.17) is 15.8 Å². The van der Waals surface area contributed by atoms with Crippen molar-refractivity contribution < 1.29 is 0 Å². The van der Waals surface area contributed by atoms with Crippen molar-refractivity contribution in [2.75, 3.05) is 0 Å². The highest BCUT2D eigenvalue weighted by Gasteiger charge is 2.56. The van der Waals surface area contributed by atoms with Gasteiger partial charge in [0.2, 0.25) is 0 Å². The molecule has 15 heavy (non-hydrogen) atoms. The molecule has 0 heterocycles. The molecule has 1 unspecified atom stereocenters. The van der Waals surface area contributed by atoms with Gasteiger partial charge >= 0.3 is 0 Å². The molecular formula is C12H7N3. The Hall–Kier alpha value is -2.31. The molecule has 0 bridgehead atoms. The van der Waals surface area contributed by atoms with E-state index in [0.29, 0.717) is 12.0 Å². The maximum Gasteiger partial charge on any atom is 0.151 e. The molecule has 0 N–H and O–H groups in total. The summed E-state index contributed by atoms with van der Waals surface area (Å²) in [4.78, 5) is 0. The van der Waals surface area contributed by atoms with Gasteiger partial charge in [-0.05, 0) is 24.1 Å². The first kappa shape index (κ1) is 9.25. The van der Waals surface area contributed by atoms with Crippen molar-refractivity contribution in [2.24, 2.45) is 5.41 Å². The van der Waals surface area contributed by atoms with Crippen LogP contribution in [0.5, 0.6) is 0 Å². The van der Waals surface area contributed by atoms with Crippen LogP contribution in [0.25, 0.3) is 0 Å². The molecule has 0 amide bonds. The molecule has 1 aromatic rings. The van der Waals surface area contributed by atoms with Gasteiger partial charge in [-0.2, -0.15) is 15.8 Å². The molecule has 0 aliphatic heterocycles. The van der Waals surface area contributed by atoms with Gasteiger partial charge in [-0.15, -0.1) is 0 Å². The van der Waals surface area contributed by atoms with E-state index >= 15 is 0 Å². The number of nitriles is 3. The van der Waals surface area contributed by atoms with Crippen LogP contribution in [0.1, 0.15) is 23.5 Å². The second-order valence-corrected chi connectivity index (χ2v) is 3.69. The zero-order valence-corrected chi connectivity index (χ0v) is 7.94. The Morgan fingerprint density at radius 3 is 2.07 bits per heavy atom. The highest BCUT2D eigenvalue weighted by Crippen LogP contribution is 2.58. The lowest BCUT2D eigenvalue weighted by molar-refractivity contribution is 0.841. The van der Waals surface area contributed by atoms with Gasteiger partial charge in [0, 0.05) is 5.92 Å². The molecular weight excluding hydrogens is 186 g/mol. The maximum absolute atomic E-state index is 8.86. The number of hydrogen-bond donors (Lipinski definition) is 0. The predicted molar refractivity (Wildman–Crippen MR) is 52.2 cm³/mol. The number of benzene rings is 1. The Balaban J connectivity index is 2.26. The van der Waals surface area contributed by atoms with E-state index in [9.17, 15) is 0 Å².